The Balaban J connectivity index is 1.74. The van der Waals surface area contributed by atoms with Crippen molar-refractivity contribution in [3.63, 3.8) is 0 Å². The topological polar surface area (TPSA) is 78.9 Å². The number of hydrogen-bond donors (Lipinski definition) is 1. The van der Waals surface area contributed by atoms with Crippen molar-refractivity contribution in [1.82, 2.24) is 9.78 Å². The lowest BCUT2D eigenvalue weighted by atomic mass is 9.84. The van der Waals surface area contributed by atoms with Crippen molar-refractivity contribution in [2.24, 2.45) is 0 Å². The van der Waals surface area contributed by atoms with Crippen LogP contribution in [0, 0.1) is 6.92 Å². The quantitative estimate of drug-likeness (QED) is 0.755. The maximum Gasteiger partial charge on any atom is 0.396 e. The predicted molar refractivity (Wildman–Crippen MR) is 94.3 cm³/mol. The van der Waals surface area contributed by atoms with Gasteiger partial charge in [-0.1, -0.05) is 0 Å². The number of aliphatic hydroxyl groups excluding tert-OH is 1. The third-order valence-electron chi connectivity index (χ3n) is 5.27. The molecule has 2 aromatic heterocycles. The van der Waals surface area contributed by atoms with Crippen molar-refractivity contribution in [2.45, 2.75) is 51.3 Å². The molecule has 29 heavy (non-hydrogen) atoms. The largest absolute Gasteiger partial charge is 0.460 e. The standard InChI is InChI=1S/C19H23F3N2O5/c1-3-27-18(25)17-10(2)15-14(29-17)6-13(19(20,21)22)12-8-24(23-16(12)15)7-11-9-26-4-5-28-11/h8,11,13,18,25H,3-7,9H2,1-2H3/t11-,13?,18?/m0/s1. The first-order valence-electron chi connectivity index (χ1n) is 9.55. The fourth-order valence-electron chi connectivity index (χ4n) is 3.93. The lowest BCUT2D eigenvalue weighted by molar-refractivity contribution is -0.151. The number of aliphatic hydroxyl groups is 1. The van der Waals surface area contributed by atoms with Crippen LogP contribution >= 0.6 is 0 Å². The van der Waals surface area contributed by atoms with Crippen LogP contribution in [0.5, 0.6) is 0 Å². The van der Waals surface area contributed by atoms with Crippen LogP contribution in [0.1, 0.15) is 41.8 Å². The van der Waals surface area contributed by atoms with Crippen LogP contribution in [0.25, 0.3) is 11.3 Å². The Hall–Kier alpha value is -1.88. The van der Waals surface area contributed by atoms with Crippen LogP contribution in [-0.2, 0) is 27.2 Å². The molecule has 0 amide bonds. The molecule has 3 atom stereocenters. The molecule has 1 fully saturated rings. The number of fused-ring (bicyclic) bond motifs is 3. The highest BCUT2D eigenvalue weighted by Crippen LogP contribution is 2.49. The molecule has 0 radical (unpaired) electrons. The van der Waals surface area contributed by atoms with E-state index in [2.05, 4.69) is 5.10 Å². The first kappa shape index (κ1) is 20.4. The van der Waals surface area contributed by atoms with Crippen molar-refractivity contribution in [1.29, 1.82) is 0 Å². The van der Waals surface area contributed by atoms with Gasteiger partial charge >= 0.3 is 6.18 Å². The monoisotopic (exact) mass is 416 g/mol. The molecular formula is C19H23F3N2O5. The van der Waals surface area contributed by atoms with Gasteiger partial charge in [0.1, 0.15) is 11.9 Å². The van der Waals surface area contributed by atoms with Gasteiger partial charge in [0.15, 0.2) is 5.76 Å². The summed E-state index contributed by atoms with van der Waals surface area (Å²) in [4.78, 5) is 0. The lowest BCUT2D eigenvalue weighted by Crippen LogP contribution is -2.32. The van der Waals surface area contributed by atoms with Gasteiger partial charge in [-0.15, -0.1) is 0 Å². The van der Waals surface area contributed by atoms with E-state index in [0.717, 1.165) is 0 Å². The van der Waals surface area contributed by atoms with Crippen LogP contribution in [-0.4, -0.2) is 53.6 Å². The van der Waals surface area contributed by atoms with Crippen molar-refractivity contribution in [2.75, 3.05) is 26.4 Å². The molecule has 0 aromatic carbocycles. The fraction of sp³-hybridized carbons (Fsp3) is 0.632. The number of halogens is 3. The summed E-state index contributed by atoms with van der Waals surface area (Å²) in [7, 11) is 0. The zero-order valence-electron chi connectivity index (χ0n) is 16.2. The third kappa shape index (κ3) is 3.81. The second kappa shape index (κ2) is 7.75. The highest BCUT2D eigenvalue weighted by atomic mass is 19.4. The molecule has 2 unspecified atom stereocenters. The van der Waals surface area contributed by atoms with Gasteiger partial charge in [-0.25, -0.2) is 0 Å². The molecule has 1 N–H and O–H groups in total. The maximum absolute atomic E-state index is 13.8. The molecule has 160 valence electrons. The van der Waals surface area contributed by atoms with E-state index >= 15 is 0 Å². The van der Waals surface area contributed by atoms with Crippen molar-refractivity contribution < 1.29 is 36.9 Å². The lowest BCUT2D eigenvalue weighted by Gasteiger charge is -2.23. The number of hydrogen-bond acceptors (Lipinski definition) is 6. The predicted octanol–water partition coefficient (Wildman–Crippen LogP) is 3.10. The van der Waals surface area contributed by atoms with E-state index < -0.39 is 18.4 Å². The summed E-state index contributed by atoms with van der Waals surface area (Å²) in [6.07, 6.45) is -4.98. The van der Waals surface area contributed by atoms with E-state index in [4.69, 9.17) is 18.6 Å². The Kier molecular flexibility index (Phi) is 5.45. The van der Waals surface area contributed by atoms with Crippen LogP contribution in [0.4, 0.5) is 13.2 Å². The van der Waals surface area contributed by atoms with Gasteiger partial charge in [0, 0.05) is 35.9 Å². The Labute approximate surface area is 165 Å². The average molecular weight is 416 g/mol. The molecule has 7 nitrogen and oxygen atoms in total. The molecule has 2 aromatic rings. The molecule has 1 aliphatic heterocycles. The molecule has 3 heterocycles. The summed E-state index contributed by atoms with van der Waals surface area (Å²) in [5, 5.41) is 14.6. The van der Waals surface area contributed by atoms with Gasteiger partial charge in [0.2, 0.25) is 6.29 Å². The van der Waals surface area contributed by atoms with Crippen molar-refractivity contribution in [3.8, 4) is 11.3 Å². The van der Waals surface area contributed by atoms with Gasteiger partial charge < -0.3 is 23.7 Å². The second-order valence-corrected chi connectivity index (χ2v) is 7.22. The normalized spacial score (nSPS) is 23.0. The smallest absolute Gasteiger partial charge is 0.396 e. The minimum Gasteiger partial charge on any atom is -0.460 e. The van der Waals surface area contributed by atoms with Gasteiger partial charge in [0.05, 0.1) is 38.0 Å². The molecule has 0 bridgehead atoms. The van der Waals surface area contributed by atoms with Crippen LogP contribution in [0.2, 0.25) is 0 Å². The molecule has 10 heteroatoms. The zero-order valence-corrected chi connectivity index (χ0v) is 16.2. The van der Waals surface area contributed by atoms with E-state index in [9.17, 15) is 18.3 Å². The minimum atomic E-state index is -4.45. The Morgan fingerprint density at radius 3 is 2.83 bits per heavy atom. The van der Waals surface area contributed by atoms with Crippen LogP contribution in [0.3, 0.4) is 0 Å². The first-order valence-corrected chi connectivity index (χ1v) is 9.55. The van der Waals surface area contributed by atoms with Crippen molar-refractivity contribution in [3.05, 3.63) is 28.8 Å². The number of nitrogens with zero attached hydrogens (tertiary/aromatic N) is 2. The molecule has 0 spiro atoms. The SMILES string of the molecule is CCOC(O)c1oc2c(c1C)-c1nn(C[C@H]3COCCO3)cc1C(C(F)(F)F)C2. The molecule has 2 aliphatic rings. The molecule has 4 rings (SSSR count). The number of furan rings is 1. The number of rotatable bonds is 5. The molecule has 0 saturated carbocycles. The summed E-state index contributed by atoms with van der Waals surface area (Å²) in [5.74, 6) is -1.46. The highest BCUT2D eigenvalue weighted by Gasteiger charge is 2.47. The van der Waals surface area contributed by atoms with Crippen molar-refractivity contribution >= 4 is 0 Å². The number of alkyl halides is 3. The summed E-state index contributed by atoms with van der Waals surface area (Å²) >= 11 is 0. The average Bonchev–Trinajstić information content (AvgIpc) is 3.22. The number of aromatic nitrogens is 2. The molecule has 1 aliphatic carbocycles. The third-order valence-corrected chi connectivity index (χ3v) is 5.27. The Bertz CT molecular complexity index is 870. The number of ether oxygens (including phenoxy) is 3. The highest BCUT2D eigenvalue weighted by molar-refractivity contribution is 5.73. The van der Waals surface area contributed by atoms with E-state index in [0.29, 0.717) is 30.9 Å². The van der Waals surface area contributed by atoms with Gasteiger partial charge in [0.25, 0.3) is 0 Å². The first-order chi connectivity index (χ1) is 13.8. The minimum absolute atomic E-state index is 0.100. The summed E-state index contributed by atoms with van der Waals surface area (Å²) in [5.41, 5.74) is 1.35. The summed E-state index contributed by atoms with van der Waals surface area (Å²) < 4.78 is 64.5. The Morgan fingerprint density at radius 2 is 2.17 bits per heavy atom. The maximum atomic E-state index is 13.8. The van der Waals surface area contributed by atoms with E-state index in [1.54, 1.807) is 13.8 Å². The summed E-state index contributed by atoms with van der Waals surface area (Å²) in [6, 6.07) is 0. The van der Waals surface area contributed by atoms with E-state index in [1.807, 2.05) is 0 Å². The van der Waals surface area contributed by atoms with Gasteiger partial charge in [-0.05, 0) is 13.8 Å². The second-order valence-electron chi connectivity index (χ2n) is 7.22. The van der Waals surface area contributed by atoms with Gasteiger partial charge in [-0.2, -0.15) is 18.3 Å². The van der Waals surface area contributed by atoms with Crippen LogP contribution < -0.4 is 0 Å². The molecular weight excluding hydrogens is 393 g/mol. The van der Waals surface area contributed by atoms with Crippen LogP contribution in [0.15, 0.2) is 10.6 Å². The summed E-state index contributed by atoms with van der Waals surface area (Å²) in [6.45, 7) is 5.24. The Morgan fingerprint density at radius 1 is 1.38 bits per heavy atom. The van der Waals surface area contributed by atoms with E-state index in [1.165, 1.54) is 10.9 Å². The van der Waals surface area contributed by atoms with Gasteiger partial charge in [-0.3, -0.25) is 4.68 Å². The van der Waals surface area contributed by atoms with E-state index in [-0.39, 0.29) is 48.5 Å². The fourth-order valence-corrected chi connectivity index (χ4v) is 3.93. The molecule has 1 saturated heterocycles. The zero-order chi connectivity index (χ0) is 20.8.